The zero-order valence-electron chi connectivity index (χ0n) is 11.2. The first-order chi connectivity index (χ1) is 6.72. The molecular formula is C12H27NOSi. The van der Waals surface area contributed by atoms with Crippen LogP contribution in [0.25, 0.3) is 0 Å². The Morgan fingerprint density at radius 2 is 1.87 bits per heavy atom. The highest BCUT2D eigenvalue weighted by Crippen LogP contribution is 2.36. The summed E-state index contributed by atoms with van der Waals surface area (Å²) in [4.78, 5) is 0. The largest absolute Gasteiger partial charge is 0.415 e. The first-order valence-electron chi connectivity index (χ1n) is 6.12. The smallest absolute Gasteiger partial charge is 0.192 e. The normalized spacial score (nSPS) is 28.4. The van der Waals surface area contributed by atoms with E-state index >= 15 is 0 Å². The molecule has 15 heavy (non-hydrogen) atoms. The summed E-state index contributed by atoms with van der Waals surface area (Å²) in [7, 11) is -1.53. The van der Waals surface area contributed by atoms with E-state index in [1.165, 1.54) is 12.8 Å². The molecule has 0 unspecified atom stereocenters. The van der Waals surface area contributed by atoms with Gasteiger partial charge in [-0.2, -0.15) is 0 Å². The highest BCUT2D eigenvalue weighted by Gasteiger charge is 2.37. The molecule has 1 fully saturated rings. The third-order valence-corrected chi connectivity index (χ3v) is 8.42. The quantitative estimate of drug-likeness (QED) is 0.751. The van der Waals surface area contributed by atoms with Crippen LogP contribution >= 0.6 is 0 Å². The fourth-order valence-corrected chi connectivity index (χ4v) is 2.73. The van der Waals surface area contributed by atoms with Gasteiger partial charge in [0, 0.05) is 18.7 Å². The van der Waals surface area contributed by atoms with Gasteiger partial charge in [0.05, 0.1) is 0 Å². The van der Waals surface area contributed by atoms with E-state index in [0.29, 0.717) is 17.1 Å². The molecule has 0 amide bonds. The lowest BCUT2D eigenvalue weighted by atomic mass is 10.2. The molecule has 1 aliphatic heterocycles. The van der Waals surface area contributed by atoms with Gasteiger partial charge in [-0.3, -0.25) is 0 Å². The molecule has 3 heteroatoms. The Kier molecular flexibility index (Phi) is 4.01. The zero-order valence-corrected chi connectivity index (χ0v) is 12.2. The van der Waals surface area contributed by atoms with E-state index in [1.54, 1.807) is 0 Å². The molecule has 0 aromatic rings. The van der Waals surface area contributed by atoms with Crippen LogP contribution in [-0.2, 0) is 4.43 Å². The van der Waals surface area contributed by atoms with Gasteiger partial charge in [0.1, 0.15) is 0 Å². The predicted octanol–water partition coefficient (Wildman–Crippen LogP) is 3.15. The molecule has 90 valence electrons. The summed E-state index contributed by atoms with van der Waals surface area (Å²) in [6.45, 7) is 14.7. The Labute approximate surface area is 95.9 Å². The molecule has 0 aromatic carbocycles. The lowest BCUT2D eigenvalue weighted by Gasteiger charge is -2.37. The molecule has 1 heterocycles. The van der Waals surface area contributed by atoms with Gasteiger partial charge in [0.15, 0.2) is 8.32 Å². The Morgan fingerprint density at radius 1 is 1.27 bits per heavy atom. The van der Waals surface area contributed by atoms with E-state index in [1.807, 2.05) is 0 Å². The Balaban J connectivity index is 2.36. The highest BCUT2D eigenvalue weighted by atomic mass is 28.4. The van der Waals surface area contributed by atoms with Gasteiger partial charge in [-0.15, -0.1) is 0 Å². The summed E-state index contributed by atoms with van der Waals surface area (Å²) in [6, 6.07) is 1.27. The van der Waals surface area contributed by atoms with E-state index < -0.39 is 8.32 Å². The van der Waals surface area contributed by atoms with Crippen molar-refractivity contribution < 1.29 is 4.43 Å². The molecule has 0 radical (unpaired) electrons. The number of hydrogen-bond donors (Lipinski definition) is 1. The summed E-state index contributed by atoms with van der Waals surface area (Å²) < 4.78 is 6.20. The van der Waals surface area contributed by atoms with Crippen molar-refractivity contribution in [3.8, 4) is 0 Å². The van der Waals surface area contributed by atoms with Crippen molar-refractivity contribution in [3.05, 3.63) is 0 Å². The standard InChI is InChI=1S/C12H27NOSi/c1-10-7-8-11(13-10)9-14-15(5,6)12(2,3)4/h10-11,13H,7-9H2,1-6H3/t10-,11-/m1/s1. The van der Waals surface area contributed by atoms with E-state index in [-0.39, 0.29) is 0 Å². The third-order valence-electron chi connectivity index (χ3n) is 3.92. The van der Waals surface area contributed by atoms with Crippen molar-refractivity contribution >= 4 is 8.32 Å². The second-order valence-electron chi connectivity index (χ2n) is 6.41. The average Bonchev–Trinajstić information content (AvgIpc) is 2.46. The Hall–Kier alpha value is 0.137. The number of nitrogens with one attached hydrogen (secondary N) is 1. The van der Waals surface area contributed by atoms with E-state index in [2.05, 4.69) is 46.1 Å². The monoisotopic (exact) mass is 229 g/mol. The first-order valence-corrected chi connectivity index (χ1v) is 9.03. The fourth-order valence-electron chi connectivity index (χ4n) is 1.68. The maximum Gasteiger partial charge on any atom is 0.192 e. The predicted molar refractivity (Wildman–Crippen MR) is 68.8 cm³/mol. The van der Waals surface area contributed by atoms with Gasteiger partial charge in [-0.05, 0) is 37.9 Å². The molecular weight excluding hydrogens is 202 g/mol. The van der Waals surface area contributed by atoms with Crippen LogP contribution < -0.4 is 5.32 Å². The van der Waals surface area contributed by atoms with Gasteiger partial charge in [0.25, 0.3) is 0 Å². The van der Waals surface area contributed by atoms with Gasteiger partial charge in [-0.1, -0.05) is 20.8 Å². The van der Waals surface area contributed by atoms with Crippen LogP contribution in [0.1, 0.15) is 40.5 Å². The maximum atomic E-state index is 6.20. The van der Waals surface area contributed by atoms with Crippen LogP contribution in [0, 0.1) is 0 Å². The molecule has 0 bridgehead atoms. The van der Waals surface area contributed by atoms with Crippen LogP contribution in [0.5, 0.6) is 0 Å². The Bertz CT molecular complexity index is 210. The van der Waals surface area contributed by atoms with Crippen LogP contribution in [0.15, 0.2) is 0 Å². The molecule has 1 N–H and O–H groups in total. The topological polar surface area (TPSA) is 21.3 Å². The summed E-state index contributed by atoms with van der Waals surface area (Å²) in [5.41, 5.74) is 0. The lowest BCUT2D eigenvalue weighted by Crippen LogP contribution is -2.44. The summed E-state index contributed by atoms with van der Waals surface area (Å²) in [5.74, 6) is 0. The van der Waals surface area contributed by atoms with Crippen LogP contribution in [0.4, 0.5) is 0 Å². The third kappa shape index (κ3) is 3.57. The maximum absolute atomic E-state index is 6.20. The first kappa shape index (κ1) is 13.2. The molecule has 0 spiro atoms. The number of hydrogen-bond acceptors (Lipinski definition) is 2. The van der Waals surface area contributed by atoms with Gasteiger partial charge in [0.2, 0.25) is 0 Å². The van der Waals surface area contributed by atoms with Crippen molar-refractivity contribution in [3.63, 3.8) is 0 Å². The molecule has 2 nitrogen and oxygen atoms in total. The van der Waals surface area contributed by atoms with Crippen LogP contribution in [0.2, 0.25) is 18.1 Å². The summed E-state index contributed by atoms with van der Waals surface area (Å²) >= 11 is 0. The van der Waals surface area contributed by atoms with E-state index in [4.69, 9.17) is 4.43 Å². The summed E-state index contributed by atoms with van der Waals surface area (Å²) in [5, 5.41) is 3.91. The van der Waals surface area contributed by atoms with Crippen molar-refractivity contribution in [2.24, 2.45) is 0 Å². The highest BCUT2D eigenvalue weighted by molar-refractivity contribution is 6.74. The van der Waals surface area contributed by atoms with E-state index in [0.717, 1.165) is 6.61 Å². The van der Waals surface area contributed by atoms with Crippen molar-refractivity contribution in [2.75, 3.05) is 6.61 Å². The van der Waals surface area contributed by atoms with Gasteiger partial charge >= 0.3 is 0 Å². The molecule has 0 aliphatic carbocycles. The zero-order chi connectivity index (χ0) is 11.7. The second kappa shape index (κ2) is 4.56. The molecule has 0 saturated carbocycles. The van der Waals surface area contributed by atoms with Gasteiger partial charge in [-0.25, -0.2) is 0 Å². The number of rotatable bonds is 3. The average molecular weight is 229 g/mol. The molecule has 1 saturated heterocycles. The minimum atomic E-state index is -1.53. The minimum Gasteiger partial charge on any atom is -0.415 e. The SMILES string of the molecule is C[C@@H]1CC[C@H](CO[Si](C)(C)C(C)(C)C)N1. The summed E-state index contributed by atoms with van der Waals surface area (Å²) in [6.07, 6.45) is 2.57. The fraction of sp³-hybridized carbons (Fsp3) is 1.00. The molecule has 1 aliphatic rings. The Morgan fingerprint density at radius 3 is 2.27 bits per heavy atom. The molecule has 1 rings (SSSR count). The van der Waals surface area contributed by atoms with Crippen molar-refractivity contribution in [1.82, 2.24) is 5.32 Å². The second-order valence-corrected chi connectivity index (χ2v) is 11.2. The molecule has 0 aromatic heterocycles. The molecule has 2 atom stereocenters. The van der Waals surface area contributed by atoms with Crippen molar-refractivity contribution in [2.45, 2.75) is 70.8 Å². The van der Waals surface area contributed by atoms with Crippen LogP contribution in [-0.4, -0.2) is 27.0 Å². The lowest BCUT2D eigenvalue weighted by molar-refractivity contribution is 0.251. The minimum absolute atomic E-state index is 0.331. The van der Waals surface area contributed by atoms with E-state index in [9.17, 15) is 0 Å². The van der Waals surface area contributed by atoms with Crippen LogP contribution in [0.3, 0.4) is 0 Å². The van der Waals surface area contributed by atoms with Crippen molar-refractivity contribution in [1.29, 1.82) is 0 Å². The van der Waals surface area contributed by atoms with Gasteiger partial charge < -0.3 is 9.74 Å².